The van der Waals surface area contributed by atoms with Crippen molar-refractivity contribution in [3.8, 4) is 17.2 Å². The Morgan fingerprint density at radius 2 is 1.62 bits per heavy atom. The average molecular weight is 395 g/mol. The number of ether oxygens (including phenoxy) is 4. The van der Waals surface area contributed by atoms with Gasteiger partial charge in [0.05, 0.1) is 13.7 Å². The first kappa shape index (κ1) is 21.0. The van der Waals surface area contributed by atoms with Crippen molar-refractivity contribution in [2.45, 2.75) is 39.4 Å². The number of rotatable bonds is 10. The Morgan fingerprint density at radius 3 is 2.34 bits per heavy atom. The summed E-state index contributed by atoms with van der Waals surface area (Å²) in [5.41, 5.74) is 1.33. The van der Waals surface area contributed by atoms with E-state index >= 15 is 0 Å². The van der Waals surface area contributed by atoms with E-state index in [0.717, 1.165) is 34.4 Å². The highest BCUT2D eigenvalue weighted by molar-refractivity contribution is 5.89. The molecule has 0 saturated heterocycles. The smallest absolute Gasteiger partial charge is 0.197 e. The monoisotopic (exact) mass is 394 g/mol. The highest BCUT2D eigenvalue weighted by atomic mass is 16.7. The zero-order valence-corrected chi connectivity index (χ0v) is 17.7. The largest absolute Gasteiger partial charge is 0.497 e. The van der Waals surface area contributed by atoms with Gasteiger partial charge in [-0.2, -0.15) is 0 Å². The molecule has 0 saturated carbocycles. The van der Waals surface area contributed by atoms with Crippen LogP contribution in [0, 0.1) is 0 Å². The van der Waals surface area contributed by atoms with Crippen LogP contribution in [0.4, 0.5) is 0 Å². The molecule has 0 amide bonds. The molecule has 0 N–H and O–H groups in total. The molecule has 2 unspecified atom stereocenters. The van der Waals surface area contributed by atoms with E-state index in [1.165, 1.54) is 5.56 Å². The minimum Gasteiger partial charge on any atom is -0.497 e. The molecule has 3 aromatic carbocycles. The second kappa shape index (κ2) is 10.2. The summed E-state index contributed by atoms with van der Waals surface area (Å²) in [6, 6.07) is 20.2. The quantitative estimate of drug-likeness (QED) is 0.304. The zero-order valence-electron chi connectivity index (χ0n) is 17.7. The Hall–Kier alpha value is -2.72. The van der Waals surface area contributed by atoms with Gasteiger partial charge in [0.25, 0.3) is 0 Å². The van der Waals surface area contributed by atoms with Gasteiger partial charge in [0.1, 0.15) is 23.9 Å². The molecule has 0 aliphatic carbocycles. The van der Waals surface area contributed by atoms with Crippen molar-refractivity contribution in [3.63, 3.8) is 0 Å². The van der Waals surface area contributed by atoms with Gasteiger partial charge in [-0.3, -0.25) is 0 Å². The average Bonchev–Trinajstić information content (AvgIpc) is 2.76. The van der Waals surface area contributed by atoms with Crippen molar-refractivity contribution in [3.05, 3.63) is 66.2 Å². The summed E-state index contributed by atoms with van der Waals surface area (Å²) >= 11 is 0. The first-order valence-electron chi connectivity index (χ1n) is 10.2. The number of hydrogen-bond donors (Lipinski definition) is 0. The molecule has 2 atom stereocenters. The van der Waals surface area contributed by atoms with Gasteiger partial charge in [-0.15, -0.1) is 0 Å². The number of hydrogen-bond acceptors (Lipinski definition) is 4. The normalized spacial score (nSPS) is 13.1. The minimum atomic E-state index is -0.352. The molecule has 0 spiro atoms. The summed E-state index contributed by atoms with van der Waals surface area (Å²) < 4.78 is 22.9. The molecular weight excluding hydrogens is 364 g/mol. The van der Waals surface area contributed by atoms with Crippen LogP contribution in [-0.4, -0.2) is 26.6 Å². The fourth-order valence-corrected chi connectivity index (χ4v) is 3.19. The maximum absolute atomic E-state index is 5.96. The van der Waals surface area contributed by atoms with Gasteiger partial charge in [-0.05, 0) is 48.4 Å². The maximum atomic E-state index is 5.96. The molecule has 0 aromatic heterocycles. The van der Waals surface area contributed by atoms with Crippen molar-refractivity contribution < 1.29 is 18.9 Å². The maximum Gasteiger partial charge on any atom is 0.197 e. The van der Waals surface area contributed by atoms with Crippen molar-refractivity contribution >= 4 is 10.8 Å². The molecule has 0 bridgehead atoms. The van der Waals surface area contributed by atoms with Crippen molar-refractivity contribution in [1.82, 2.24) is 0 Å². The van der Waals surface area contributed by atoms with E-state index in [9.17, 15) is 0 Å². The second-order valence-corrected chi connectivity index (χ2v) is 7.13. The lowest BCUT2D eigenvalue weighted by molar-refractivity contribution is -0.0738. The molecule has 0 heterocycles. The molecule has 0 aliphatic heterocycles. The number of methoxy groups -OCH3 is 1. The van der Waals surface area contributed by atoms with Crippen LogP contribution in [0.25, 0.3) is 10.8 Å². The molecule has 0 fully saturated rings. The van der Waals surface area contributed by atoms with Crippen molar-refractivity contribution in [1.29, 1.82) is 0 Å². The predicted octanol–water partition coefficient (Wildman–Crippen LogP) is 6.18. The highest BCUT2D eigenvalue weighted by Crippen LogP contribution is 2.31. The summed E-state index contributed by atoms with van der Waals surface area (Å²) in [4.78, 5) is 0. The van der Waals surface area contributed by atoms with Crippen LogP contribution in [0.3, 0.4) is 0 Å². The summed E-state index contributed by atoms with van der Waals surface area (Å²) in [5, 5.41) is 2.14. The Morgan fingerprint density at radius 1 is 0.862 bits per heavy atom. The van der Waals surface area contributed by atoms with Gasteiger partial charge < -0.3 is 18.9 Å². The van der Waals surface area contributed by atoms with E-state index in [4.69, 9.17) is 18.9 Å². The summed E-state index contributed by atoms with van der Waals surface area (Å²) in [5.74, 6) is 2.93. The molecule has 154 valence electrons. The third kappa shape index (κ3) is 5.64. The lowest BCUT2D eigenvalue weighted by atomic mass is 9.99. The van der Waals surface area contributed by atoms with Crippen LogP contribution in [0.5, 0.6) is 17.2 Å². The molecule has 29 heavy (non-hydrogen) atoms. The molecular formula is C25H30O4. The van der Waals surface area contributed by atoms with E-state index in [2.05, 4.69) is 26.0 Å². The van der Waals surface area contributed by atoms with E-state index in [1.807, 2.05) is 55.5 Å². The molecule has 3 aromatic rings. The first-order chi connectivity index (χ1) is 14.1. The zero-order chi connectivity index (χ0) is 20.6. The topological polar surface area (TPSA) is 36.9 Å². The predicted molar refractivity (Wildman–Crippen MR) is 117 cm³/mol. The molecule has 4 nitrogen and oxygen atoms in total. The lowest BCUT2D eigenvalue weighted by Gasteiger charge is -2.17. The molecule has 3 rings (SSSR count). The van der Waals surface area contributed by atoms with Crippen LogP contribution in [-0.2, 0) is 4.74 Å². The van der Waals surface area contributed by atoms with Gasteiger partial charge in [0.15, 0.2) is 6.29 Å². The summed E-state index contributed by atoms with van der Waals surface area (Å²) in [6.07, 6.45) is 0.776. The van der Waals surface area contributed by atoms with Crippen LogP contribution in [0.15, 0.2) is 60.7 Å². The Bertz CT molecular complexity index is 904. The van der Waals surface area contributed by atoms with Crippen molar-refractivity contribution in [2.75, 3.05) is 20.3 Å². The van der Waals surface area contributed by atoms with Gasteiger partial charge in [0.2, 0.25) is 0 Å². The van der Waals surface area contributed by atoms with Crippen molar-refractivity contribution in [2.24, 2.45) is 0 Å². The number of fused-ring (bicyclic) bond motifs is 1. The standard InChI is InChI=1S/C25H30O4/c1-5-18(2)20-10-12-22(13-11-20)29-19(3)27-14-15-28-25-17-23(26-4)16-21-8-6-7-9-24(21)25/h6-13,16-19H,5,14-15H2,1-4H3. The van der Waals surface area contributed by atoms with E-state index in [1.54, 1.807) is 7.11 Å². The lowest BCUT2D eigenvalue weighted by Crippen LogP contribution is -2.20. The Balaban J connectivity index is 1.50. The number of benzene rings is 3. The fraction of sp³-hybridized carbons (Fsp3) is 0.360. The Labute approximate surface area is 173 Å². The third-order valence-corrected chi connectivity index (χ3v) is 5.09. The fourth-order valence-electron chi connectivity index (χ4n) is 3.19. The summed E-state index contributed by atoms with van der Waals surface area (Å²) in [6.45, 7) is 7.17. The highest BCUT2D eigenvalue weighted by Gasteiger charge is 2.08. The second-order valence-electron chi connectivity index (χ2n) is 7.13. The molecule has 4 heteroatoms. The van der Waals surface area contributed by atoms with E-state index in [0.29, 0.717) is 19.1 Å². The molecule has 0 radical (unpaired) electrons. The summed E-state index contributed by atoms with van der Waals surface area (Å²) in [7, 11) is 1.66. The van der Waals surface area contributed by atoms with Gasteiger partial charge in [-0.25, -0.2) is 0 Å². The SMILES string of the molecule is CCC(C)c1ccc(OC(C)OCCOc2cc(OC)cc3ccccc23)cc1. The Kier molecular flexibility index (Phi) is 7.36. The van der Waals surface area contributed by atoms with Gasteiger partial charge in [0, 0.05) is 11.5 Å². The van der Waals surface area contributed by atoms with Crippen LogP contribution < -0.4 is 14.2 Å². The molecule has 0 aliphatic rings. The van der Waals surface area contributed by atoms with E-state index < -0.39 is 0 Å². The van der Waals surface area contributed by atoms with Crippen LogP contribution >= 0.6 is 0 Å². The third-order valence-electron chi connectivity index (χ3n) is 5.09. The van der Waals surface area contributed by atoms with Gasteiger partial charge in [-0.1, -0.05) is 50.2 Å². The minimum absolute atomic E-state index is 0.352. The van der Waals surface area contributed by atoms with Crippen LogP contribution in [0.2, 0.25) is 0 Å². The van der Waals surface area contributed by atoms with Gasteiger partial charge >= 0.3 is 0 Å². The van der Waals surface area contributed by atoms with Crippen LogP contribution in [0.1, 0.15) is 38.7 Å². The first-order valence-corrected chi connectivity index (χ1v) is 10.2. The van der Waals surface area contributed by atoms with E-state index in [-0.39, 0.29) is 6.29 Å².